The third kappa shape index (κ3) is 3.03. The lowest BCUT2D eigenvalue weighted by molar-refractivity contribution is 0.281. The molecule has 1 N–H and O–H groups in total. The van der Waals surface area contributed by atoms with Crippen LogP contribution in [0.25, 0.3) is 10.9 Å². The SMILES string of the molecule is CCCC1CCN(c2nc3ccccc3cc2CO)CC1. The van der Waals surface area contributed by atoms with E-state index in [1.807, 2.05) is 18.2 Å². The summed E-state index contributed by atoms with van der Waals surface area (Å²) in [4.78, 5) is 7.16. The highest BCUT2D eigenvalue weighted by Crippen LogP contribution is 2.29. The van der Waals surface area contributed by atoms with Crippen molar-refractivity contribution in [3.05, 3.63) is 35.9 Å². The number of benzene rings is 1. The van der Waals surface area contributed by atoms with Gasteiger partial charge in [-0.05, 0) is 30.9 Å². The third-order valence-corrected chi connectivity index (χ3v) is 4.56. The van der Waals surface area contributed by atoms with E-state index in [0.717, 1.165) is 41.3 Å². The minimum atomic E-state index is 0.0576. The van der Waals surface area contributed by atoms with Crippen LogP contribution in [0.15, 0.2) is 30.3 Å². The molecule has 2 heterocycles. The van der Waals surface area contributed by atoms with E-state index in [2.05, 4.69) is 24.0 Å². The molecular formula is C18H24N2O. The number of para-hydroxylation sites is 1. The van der Waals surface area contributed by atoms with E-state index in [1.54, 1.807) is 0 Å². The number of anilines is 1. The molecular weight excluding hydrogens is 260 g/mol. The molecule has 1 aliphatic heterocycles. The fourth-order valence-corrected chi connectivity index (χ4v) is 3.38. The summed E-state index contributed by atoms with van der Waals surface area (Å²) in [5, 5.41) is 10.8. The molecule has 1 fully saturated rings. The molecule has 3 heteroatoms. The third-order valence-electron chi connectivity index (χ3n) is 4.56. The van der Waals surface area contributed by atoms with Crippen LogP contribution in [-0.4, -0.2) is 23.2 Å². The maximum absolute atomic E-state index is 9.68. The van der Waals surface area contributed by atoms with Gasteiger partial charge in [0.1, 0.15) is 5.82 Å². The van der Waals surface area contributed by atoms with E-state index in [9.17, 15) is 5.11 Å². The Kier molecular flexibility index (Phi) is 4.39. The van der Waals surface area contributed by atoms with Gasteiger partial charge in [0.25, 0.3) is 0 Å². The van der Waals surface area contributed by atoms with Crippen LogP contribution in [0, 0.1) is 5.92 Å². The zero-order valence-corrected chi connectivity index (χ0v) is 12.8. The first-order valence-electron chi connectivity index (χ1n) is 8.06. The van der Waals surface area contributed by atoms with Crippen molar-refractivity contribution in [2.75, 3.05) is 18.0 Å². The molecule has 0 saturated carbocycles. The highest BCUT2D eigenvalue weighted by atomic mass is 16.3. The first kappa shape index (κ1) is 14.3. The van der Waals surface area contributed by atoms with Crippen LogP contribution in [0.2, 0.25) is 0 Å². The van der Waals surface area contributed by atoms with Crippen molar-refractivity contribution in [2.24, 2.45) is 5.92 Å². The maximum Gasteiger partial charge on any atom is 0.134 e. The molecule has 0 unspecified atom stereocenters. The lowest BCUT2D eigenvalue weighted by atomic mass is 9.92. The molecule has 1 saturated heterocycles. The average Bonchev–Trinajstić information content (AvgIpc) is 2.54. The zero-order valence-electron chi connectivity index (χ0n) is 12.8. The second-order valence-electron chi connectivity index (χ2n) is 6.04. The highest BCUT2D eigenvalue weighted by molar-refractivity contribution is 5.81. The standard InChI is InChI=1S/C18H24N2O/c1-2-5-14-8-10-20(11-9-14)18-16(13-21)12-15-6-3-4-7-17(15)19-18/h3-4,6-7,12,14,21H,2,5,8-11,13H2,1H3. The average molecular weight is 284 g/mol. The van der Waals surface area contributed by atoms with Crippen molar-refractivity contribution < 1.29 is 5.11 Å². The van der Waals surface area contributed by atoms with Gasteiger partial charge in [0.05, 0.1) is 12.1 Å². The molecule has 1 aromatic carbocycles. The molecule has 112 valence electrons. The zero-order chi connectivity index (χ0) is 14.7. The quantitative estimate of drug-likeness (QED) is 0.929. The van der Waals surface area contributed by atoms with Gasteiger partial charge in [0.15, 0.2) is 0 Å². The van der Waals surface area contributed by atoms with Crippen LogP contribution in [0.1, 0.15) is 38.2 Å². The lowest BCUT2D eigenvalue weighted by Gasteiger charge is -2.33. The fraction of sp³-hybridized carbons (Fsp3) is 0.500. The number of pyridine rings is 1. The fourth-order valence-electron chi connectivity index (χ4n) is 3.38. The number of rotatable bonds is 4. The van der Waals surface area contributed by atoms with Crippen LogP contribution in [0.3, 0.4) is 0 Å². The van der Waals surface area contributed by atoms with E-state index in [1.165, 1.54) is 25.7 Å². The first-order valence-corrected chi connectivity index (χ1v) is 8.06. The van der Waals surface area contributed by atoms with Crippen molar-refractivity contribution >= 4 is 16.7 Å². The van der Waals surface area contributed by atoms with Crippen molar-refractivity contribution in [1.82, 2.24) is 4.98 Å². The van der Waals surface area contributed by atoms with Crippen LogP contribution >= 0.6 is 0 Å². The monoisotopic (exact) mass is 284 g/mol. The molecule has 0 atom stereocenters. The van der Waals surface area contributed by atoms with E-state index in [0.29, 0.717) is 0 Å². The van der Waals surface area contributed by atoms with E-state index >= 15 is 0 Å². The van der Waals surface area contributed by atoms with Gasteiger partial charge in [-0.1, -0.05) is 38.0 Å². The normalized spacial score (nSPS) is 16.6. The number of fused-ring (bicyclic) bond motifs is 1. The van der Waals surface area contributed by atoms with Gasteiger partial charge >= 0.3 is 0 Å². The summed E-state index contributed by atoms with van der Waals surface area (Å²) >= 11 is 0. The summed E-state index contributed by atoms with van der Waals surface area (Å²) in [5.74, 6) is 1.84. The van der Waals surface area contributed by atoms with Crippen LogP contribution in [0.4, 0.5) is 5.82 Å². The van der Waals surface area contributed by atoms with Crippen molar-refractivity contribution in [1.29, 1.82) is 0 Å². The van der Waals surface area contributed by atoms with Gasteiger partial charge in [0, 0.05) is 24.0 Å². The van der Waals surface area contributed by atoms with Gasteiger partial charge in [0.2, 0.25) is 0 Å². The molecule has 21 heavy (non-hydrogen) atoms. The Morgan fingerprint density at radius 1 is 1.24 bits per heavy atom. The second kappa shape index (κ2) is 6.44. The van der Waals surface area contributed by atoms with Crippen molar-refractivity contribution in [3.8, 4) is 0 Å². The number of aliphatic hydroxyl groups is 1. The van der Waals surface area contributed by atoms with Crippen molar-refractivity contribution in [2.45, 2.75) is 39.2 Å². The minimum absolute atomic E-state index is 0.0576. The summed E-state index contributed by atoms with van der Waals surface area (Å²) in [6.07, 6.45) is 5.10. The Bertz CT molecular complexity index is 603. The maximum atomic E-state index is 9.68. The number of nitrogens with zero attached hydrogens (tertiary/aromatic N) is 2. The molecule has 2 aromatic rings. The molecule has 1 aliphatic rings. The number of hydrogen-bond acceptors (Lipinski definition) is 3. The minimum Gasteiger partial charge on any atom is -0.392 e. The summed E-state index contributed by atoms with van der Waals surface area (Å²) < 4.78 is 0. The van der Waals surface area contributed by atoms with Crippen LogP contribution in [0.5, 0.6) is 0 Å². The molecule has 1 aromatic heterocycles. The largest absolute Gasteiger partial charge is 0.392 e. The van der Waals surface area contributed by atoms with Crippen LogP contribution < -0.4 is 4.90 Å². The molecule has 0 spiro atoms. The van der Waals surface area contributed by atoms with Gasteiger partial charge in [-0.15, -0.1) is 0 Å². The number of piperidine rings is 1. The van der Waals surface area contributed by atoms with E-state index < -0.39 is 0 Å². The van der Waals surface area contributed by atoms with Gasteiger partial charge in [-0.25, -0.2) is 4.98 Å². The predicted octanol–water partition coefficient (Wildman–Crippen LogP) is 3.74. The number of aliphatic hydroxyl groups excluding tert-OH is 1. The van der Waals surface area contributed by atoms with Crippen molar-refractivity contribution in [3.63, 3.8) is 0 Å². The van der Waals surface area contributed by atoms with Crippen LogP contribution in [-0.2, 0) is 6.61 Å². The molecule has 0 aliphatic carbocycles. The Balaban J connectivity index is 1.86. The number of hydrogen-bond donors (Lipinski definition) is 1. The van der Waals surface area contributed by atoms with E-state index in [-0.39, 0.29) is 6.61 Å². The molecule has 0 bridgehead atoms. The van der Waals surface area contributed by atoms with Gasteiger partial charge < -0.3 is 10.0 Å². The Morgan fingerprint density at radius 3 is 2.71 bits per heavy atom. The number of aromatic nitrogens is 1. The molecule has 0 amide bonds. The predicted molar refractivity (Wildman–Crippen MR) is 87.5 cm³/mol. The molecule has 3 nitrogen and oxygen atoms in total. The smallest absolute Gasteiger partial charge is 0.134 e. The summed E-state index contributed by atoms with van der Waals surface area (Å²) in [5.41, 5.74) is 1.96. The van der Waals surface area contributed by atoms with Gasteiger partial charge in [-0.2, -0.15) is 0 Å². The highest BCUT2D eigenvalue weighted by Gasteiger charge is 2.21. The Morgan fingerprint density at radius 2 is 2.00 bits per heavy atom. The lowest BCUT2D eigenvalue weighted by Crippen LogP contribution is -2.35. The molecule has 3 rings (SSSR count). The summed E-state index contributed by atoms with van der Waals surface area (Å²) in [6, 6.07) is 10.2. The summed E-state index contributed by atoms with van der Waals surface area (Å²) in [6.45, 7) is 4.44. The first-order chi connectivity index (χ1) is 10.3. The van der Waals surface area contributed by atoms with E-state index in [4.69, 9.17) is 4.98 Å². The summed E-state index contributed by atoms with van der Waals surface area (Å²) in [7, 11) is 0. The second-order valence-corrected chi connectivity index (χ2v) is 6.04. The topological polar surface area (TPSA) is 36.4 Å². The molecule has 0 radical (unpaired) electrons. The van der Waals surface area contributed by atoms with Gasteiger partial charge in [-0.3, -0.25) is 0 Å². The Hall–Kier alpha value is -1.61. The Labute approximate surface area is 126 Å².